The zero-order chi connectivity index (χ0) is 28.2. The minimum Gasteiger partial charge on any atom is -0.0984 e. The van der Waals surface area contributed by atoms with Crippen LogP contribution in [-0.4, -0.2) is 0 Å². The van der Waals surface area contributed by atoms with Crippen LogP contribution in [0.2, 0.25) is 0 Å². The molecule has 0 aliphatic rings. The first-order chi connectivity index (χ1) is 20.8. The van der Waals surface area contributed by atoms with Gasteiger partial charge in [-0.1, -0.05) is 141 Å². The number of fused-ring (bicyclic) bond motifs is 9. The van der Waals surface area contributed by atoms with Crippen LogP contribution < -0.4 is 0 Å². The van der Waals surface area contributed by atoms with Crippen LogP contribution in [0.5, 0.6) is 0 Å². The molecule has 0 amide bonds. The molecule has 0 spiro atoms. The highest BCUT2D eigenvalue weighted by molar-refractivity contribution is 6.33. The van der Waals surface area contributed by atoms with Crippen molar-refractivity contribution in [1.29, 1.82) is 0 Å². The molecule has 0 saturated carbocycles. The molecule has 0 heteroatoms. The summed E-state index contributed by atoms with van der Waals surface area (Å²) in [4.78, 5) is 0. The molecular formula is C42H28. The molecule has 8 rings (SSSR count). The lowest BCUT2D eigenvalue weighted by Crippen LogP contribution is -1.91. The normalized spacial score (nSPS) is 11.5. The van der Waals surface area contributed by atoms with Gasteiger partial charge in [0.15, 0.2) is 0 Å². The molecule has 8 aromatic carbocycles. The molecule has 196 valence electrons. The molecule has 0 atom stereocenters. The molecule has 0 saturated heterocycles. The van der Waals surface area contributed by atoms with Gasteiger partial charge in [-0.25, -0.2) is 0 Å². The maximum Gasteiger partial charge on any atom is -0.00199 e. The second-order valence-electron chi connectivity index (χ2n) is 10.9. The van der Waals surface area contributed by atoms with E-state index in [0.717, 1.165) is 11.1 Å². The largest absolute Gasteiger partial charge is 0.0984 e. The Morgan fingerprint density at radius 3 is 1.40 bits per heavy atom. The van der Waals surface area contributed by atoms with Gasteiger partial charge in [0.2, 0.25) is 0 Å². The number of hydrogen-bond acceptors (Lipinski definition) is 0. The van der Waals surface area contributed by atoms with Gasteiger partial charge in [-0.15, -0.1) is 0 Å². The third-order valence-corrected chi connectivity index (χ3v) is 8.78. The van der Waals surface area contributed by atoms with Gasteiger partial charge in [0.05, 0.1) is 0 Å². The van der Waals surface area contributed by atoms with E-state index in [-0.39, 0.29) is 0 Å². The van der Waals surface area contributed by atoms with Crippen molar-refractivity contribution in [2.75, 3.05) is 0 Å². The fourth-order valence-electron chi connectivity index (χ4n) is 6.91. The molecule has 42 heavy (non-hydrogen) atoms. The highest BCUT2D eigenvalue weighted by Crippen LogP contribution is 2.43. The Kier molecular flexibility index (Phi) is 5.55. The van der Waals surface area contributed by atoms with Crippen LogP contribution in [0.15, 0.2) is 147 Å². The summed E-state index contributed by atoms with van der Waals surface area (Å²) in [5.74, 6) is 0. The Bertz CT molecular complexity index is 2390. The smallest absolute Gasteiger partial charge is 0.00199 e. The number of rotatable bonds is 4. The van der Waals surface area contributed by atoms with E-state index in [0.29, 0.717) is 0 Å². The first-order valence-corrected chi connectivity index (χ1v) is 14.4. The maximum absolute atomic E-state index is 4.11. The topological polar surface area (TPSA) is 0 Å². The first-order valence-electron chi connectivity index (χ1n) is 14.4. The maximum atomic E-state index is 4.11. The highest BCUT2D eigenvalue weighted by atomic mass is 14.2. The second-order valence-corrected chi connectivity index (χ2v) is 10.9. The first kappa shape index (κ1) is 24.3. The second kappa shape index (κ2) is 9.58. The van der Waals surface area contributed by atoms with Crippen LogP contribution in [-0.2, 0) is 0 Å². The van der Waals surface area contributed by atoms with Gasteiger partial charge in [-0.05, 0) is 105 Å². The van der Waals surface area contributed by atoms with Crippen LogP contribution in [0, 0.1) is 0 Å². The Morgan fingerprint density at radius 2 is 0.810 bits per heavy atom. The van der Waals surface area contributed by atoms with Gasteiger partial charge in [0.25, 0.3) is 0 Å². The molecule has 0 unspecified atom stereocenters. The van der Waals surface area contributed by atoms with Crippen LogP contribution in [0.4, 0.5) is 0 Å². The quantitative estimate of drug-likeness (QED) is 0.198. The summed E-state index contributed by atoms with van der Waals surface area (Å²) < 4.78 is 0. The lowest BCUT2D eigenvalue weighted by molar-refractivity contribution is 1.61. The molecule has 8 aromatic rings. The van der Waals surface area contributed by atoms with Crippen molar-refractivity contribution in [2.45, 2.75) is 0 Å². The van der Waals surface area contributed by atoms with Gasteiger partial charge >= 0.3 is 0 Å². The summed E-state index contributed by atoms with van der Waals surface area (Å²) in [5.41, 5.74) is 7.07. The number of hydrogen-bond donors (Lipinski definition) is 0. The van der Waals surface area contributed by atoms with Crippen LogP contribution in [0.1, 0.15) is 11.1 Å². The summed E-state index contributed by atoms with van der Waals surface area (Å²) in [6.45, 7) is 8.20. The van der Waals surface area contributed by atoms with Gasteiger partial charge in [0, 0.05) is 0 Å². The van der Waals surface area contributed by atoms with Crippen molar-refractivity contribution in [2.24, 2.45) is 0 Å². The number of benzene rings is 8. The van der Waals surface area contributed by atoms with Crippen LogP contribution in [0.25, 0.3) is 88.3 Å². The molecule has 0 radical (unpaired) electrons. The zero-order valence-corrected chi connectivity index (χ0v) is 23.3. The fourth-order valence-corrected chi connectivity index (χ4v) is 6.91. The molecule has 0 heterocycles. The van der Waals surface area contributed by atoms with Crippen LogP contribution >= 0.6 is 0 Å². The molecule has 0 aliphatic carbocycles. The Labute approximate surface area is 245 Å². The van der Waals surface area contributed by atoms with Crippen molar-refractivity contribution < 1.29 is 0 Å². The van der Waals surface area contributed by atoms with Crippen molar-refractivity contribution in [3.05, 3.63) is 158 Å². The SMILES string of the molecule is C=Cc1cc(-c2cccc(-c3cc4c5ccccc5c5ccccc5c4c4ccccc34)c2)c2ccccc2c1C=C. The monoisotopic (exact) mass is 532 g/mol. The Balaban J connectivity index is 1.46. The Morgan fingerprint density at radius 1 is 0.357 bits per heavy atom. The molecule has 0 N–H and O–H groups in total. The van der Waals surface area contributed by atoms with E-state index in [1.807, 2.05) is 12.2 Å². The molecule has 0 nitrogen and oxygen atoms in total. The van der Waals surface area contributed by atoms with Gasteiger partial charge < -0.3 is 0 Å². The average Bonchev–Trinajstić information content (AvgIpc) is 3.07. The lowest BCUT2D eigenvalue weighted by Gasteiger charge is -2.17. The van der Waals surface area contributed by atoms with Crippen molar-refractivity contribution in [3.63, 3.8) is 0 Å². The van der Waals surface area contributed by atoms with E-state index >= 15 is 0 Å². The molecule has 0 fully saturated rings. The van der Waals surface area contributed by atoms with Crippen LogP contribution in [0.3, 0.4) is 0 Å². The molecule has 0 aliphatic heterocycles. The minimum absolute atomic E-state index is 1.10. The predicted molar refractivity (Wildman–Crippen MR) is 185 cm³/mol. The van der Waals surface area contributed by atoms with Crippen molar-refractivity contribution in [1.82, 2.24) is 0 Å². The third kappa shape index (κ3) is 3.56. The lowest BCUT2D eigenvalue weighted by atomic mass is 9.86. The fraction of sp³-hybridized carbons (Fsp3) is 0. The molecule has 0 bridgehead atoms. The van der Waals surface area contributed by atoms with E-state index in [1.54, 1.807) is 0 Å². The Hall–Kier alpha value is -5.46. The third-order valence-electron chi connectivity index (χ3n) is 8.78. The van der Waals surface area contributed by atoms with E-state index < -0.39 is 0 Å². The van der Waals surface area contributed by atoms with Gasteiger partial charge in [-0.3, -0.25) is 0 Å². The minimum atomic E-state index is 1.10. The van der Waals surface area contributed by atoms with Crippen molar-refractivity contribution in [3.8, 4) is 22.3 Å². The summed E-state index contributed by atoms with van der Waals surface area (Å²) in [6.07, 6.45) is 3.87. The van der Waals surface area contributed by atoms with Gasteiger partial charge in [-0.2, -0.15) is 0 Å². The predicted octanol–water partition coefficient (Wildman–Crippen LogP) is 12.1. The average molecular weight is 533 g/mol. The van der Waals surface area contributed by atoms with E-state index in [1.165, 1.54) is 76.1 Å². The van der Waals surface area contributed by atoms with E-state index in [4.69, 9.17) is 0 Å². The standard InChI is InChI=1S/C42H28/c1-3-27-25-39(34-19-7-5-16-31(34)30(27)4-2)28-14-13-15-29(24-28)40-26-41-35-20-8-6-17-32(35)33-18-9-11-22-37(33)42(41)38-23-12-10-21-36(38)40/h3-26H,1-2H2. The summed E-state index contributed by atoms with van der Waals surface area (Å²) in [5, 5.41) is 12.8. The summed E-state index contributed by atoms with van der Waals surface area (Å²) in [7, 11) is 0. The molecular weight excluding hydrogens is 504 g/mol. The van der Waals surface area contributed by atoms with Crippen molar-refractivity contribution >= 4 is 66.0 Å². The molecule has 0 aromatic heterocycles. The van der Waals surface area contributed by atoms with E-state index in [2.05, 4.69) is 147 Å². The summed E-state index contributed by atoms with van der Waals surface area (Å²) in [6, 6.07) is 48.8. The van der Waals surface area contributed by atoms with Gasteiger partial charge in [0.1, 0.15) is 0 Å². The summed E-state index contributed by atoms with van der Waals surface area (Å²) >= 11 is 0. The highest BCUT2D eigenvalue weighted by Gasteiger charge is 2.16. The zero-order valence-electron chi connectivity index (χ0n) is 23.3. The van der Waals surface area contributed by atoms with E-state index in [9.17, 15) is 0 Å².